The number of alkyl halides is 4. The summed E-state index contributed by atoms with van der Waals surface area (Å²) in [7, 11) is 0. The Hall–Kier alpha value is -1.41. The van der Waals surface area contributed by atoms with Gasteiger partial charge in [-0.05, 0) is 48.4 Å². The highest BCUT2D eigenvalue weighted by molar-refractivity contribution is 9.11. The van der Waals surface area contributed by atoms with Gasteiger partial charge in [-0.1, -0.05) is 37.9 Å². The van der Waals surface area contributed by atoms with E-state index in [0.717, 1.165) is 26.6 Å². The Morgan fingerprint density at radius 1 is 1.04 bits per heavy atom. The molecule has 2 aromatic rings. The van der Waals surface area contributed by atoms with E-state index in [0.29, 0.717) is 6.42 Å². The molecule has 0 aliphatic heterocycles. The Morgan fingerprint density at radius 3 is 2.12 bits per heavy atom. The molecule has 0 aliphatic carbocycles. The second-order valence-corrected chi connectivity index (χ2v) is 6.82. The highest BCUT2D eigenvalue weighted by Crippen LogP contribution is 2.29. The standard InChI is InChI=1S/C17H12Br2F4O2/c18-13-2-1-3-14(19)12(13)8-9-15(24)10-4-6-11(7-5-10)25-17(22,23)16(20)21/h1-7,16H,8-9H2. The van der Waals surface area contributed by atoms with Crippen LogP contribution in [-0.4, -0.2) is 18.3 Å². The number of carbonyl (C=O) groups excluding carboxylic acids is 1. The molecule has 0 amide bonds. The number of hydrogen-bond acceptors (Lipinski definition) is 2. The first kappa shape index (κ1) is 19.9. The first-order valence-corrected chi connectivity index (χ1v) is 8.70. The molecule has 2 rings (SSSR count). The predicted molar refractivity (Wildman–Crippen MR) is 92.5 cm³/mol. The minimum Gasteiger partial charge on any atom is -0.428 e. The van der Waals surface area contributed by atoms with Crippen molar-refractivity contribution in [1.29, 1.82) is 0 Å². The van der Waals surface area contributed by atoms with Crippen LogP contribution in [-0.2, 0) is 6.42 Å². The molecule has 134 valence electrons. The fourth-order valence-corrected chi connectivity index (χ4v) is 3.46. The Kier molecular flexibility index (Phi) is 6.62. The Bertz CT molecular complexity index is 729. The van der Waals surface area contributed by atoms with E-state index < -0.39 is 18.3 Å². The molecule has 0 unspecified atom stereocenters. The van der Waals surface area contributed by atoms with Crippen LogP contribution in [0.15, 0.2) is 51.4 Å². The number of carbonyl (C=O) groups is 1. The van der Waals surface area contributed by atoms with Gasteiger partial charge in [0.2, 0.25) is 0 Å². The van der Waals surface area contributed by atoms with Crippen molar-refractivity contribution < 1.29 is 27.1 Å². The summed E-state index contributed by atoms with van der Waals surface area (Å²) >= 11 is 6.82. The molecule has 0 atom stereocenters. The van der Waals surface area contributed by atoms with Gasteiger partial charge in [-0.15, -0.1) is 0 Å². The highest BCUT2D eigenvalue weighted by Gasteiger charge is 2.43. The SMILES string of the molecule is O=C(CCc1c(Br)cccc1Br)c1ccc(OC(F)(F)C(F)F)cc1. The molecule has 0 N–H and O–H groups in total. The van der Waals surface area contributed by atoms with Gasteiger partial charge in [-0.25, -0.2) is 0 Å². The molecule has 25 heavy (non-hydrogen) atoms. The molecule has 0 aliphatic rings. The van der Waals surface area contributed by atoms with Crippen LogP contribution in [0.4, 0.5) is 17.6 Å². The number of ether oxygens (including phenoxy) is 1. The van der Waals surface area contributed by atoms with E-state index >= 15 is 0 Å². The fraction of sp³-hybridized carbons (Fsp3) is 0.235. The summed E-state index contributed by atoms with van der Waals surface area (Å²) in [4.78, 5) is 12.2. The van der Waals surface area contributed by atoms with Crippen molar-refractivity contribution >= 4 is 37.6 Å². The second-order valence-electron chi connectivity index (χ2n) is 5.11. The van der Waals surface area contributed by atoms with Crippen molar-refractivity contribution in [2.45, 2.75) is 25.4 Å². The Balaban J connectivity index is 2.01. The van der Waals surface area contributed by atoms with Crippen molar-refractivity contribution in [1.82, 2.24) is 0 Å². The molecule has 0 aromatic heterocycles. The van der Waals surface area contributed by atoms with Crippen molar-refractivity contribution in [2.75, 3.05) is 0 Å². The van der Waals surface area contributed by atoms with Crippen LogP contribution in [0.3, 0.4) is 0 Å². The lowest BCUT2D eigenvalue weighted by molar-refractivity contribution is -0.253. The van der Waals surface area contributed by atoms with Crippen LogP contribution >= 0.6 is 31.9 Å². The zero-order valence-electron chi connectivity index (χ0n) is 12.6. The zero-order chi connectivity index (χ0) is 18.6. The van der Waals surface area contributed by atoms with E-state index in [9.17, 15) is 22.4 Å². The lowest BCUT2D eigenvalue weighted by Gasteiger charge is -2.16. The summed E-state index contributed by atoms with van der Waals surface area (Å²) in [5.74, 6) is -0.634. The van der Waals surface area contributed by atoms with Gasteiger partial charge >= 0.3 is 12.5 Å². The van der Waals surface area contributed by atoms with Gasteiger partial charge in [0.25, 0.3) is 0 Å². The van der Waals surface area contributed by atoms with Gasteiger partial charge in [-0.2, -0.15) is 17.6 Å². The van der Waals surface area contributed by atoms with Crippen LogP contribution in [0.5, 0.6) is 5.75 Å². The third-order valence-electron chi connectivity index (χ3n) is 3.35. The van der Waals surface area contributed by atoms with Crippen LogP contribution in [0.1, 0.15) is 22.3 Å². The minimum absolute atomic E-state index is 0.199. The van der Waals surface area contributed by atoms with Gasteiger partial charge < -0.3 is 4.74 Å². The molecule has 0 heterocycles. The van der Waals surface area contributed by atoms with Crippen molar-refractivity contribution in [3.63, 3.8) is 0 Å². The highest BCUT2D eigenvalue weighted by atomic mass is 79.9. The topological polar surface area (TPSA) is 26.3 Å². The molecule has 2 aromatic carbocycles. The number of hydrogen-bond donors (Lipinski definition) is 0. The summed E-state index contributed by atoms with van der Waals surface area (Å²) in [6.45, 7) is 0. The van der Waals surface area contributed by atoms with Gasteiger partial charge in [0.15, 0.2) is 5.78 Å². The summed E-state index contributed by atoms with van der Waals surface area (Å²) in [6, 6.07) is 10.3. The van der Waals surface area contributed by atoms with E-state index in [1.807, 2.05) is 18.2 Å². The zero-order valence-corrected chi connectivity index (χ0v) is 15.8. The summed E-state index contributed by atoms with van der Waals surface area (Å²) in [5.41, 5.74) is 1.23. The van der Waals surface area contributed by atoms with Crippen LogP contribution in [0, 0.1) is 0 Å². The van der Waals surface area contributed by atoms with Gasteiger partial charge in [0, 0.05) is 20.9 Å². The number of rotatable bonds is 7. The molecule has 0 saturated carbocycles. The maximum Gasteiger partial charge on any atom is 0.461 e. The fourth-order valence-electron chi connectivity index (χ4n) is 2.06. The average molecular weight is 484 g/mol. The van der Waals surface area contributed by atoms with Gasteiger partial charge in [0.05, 0.1) is 0 Å². The minimum atomic E-state index is -4.57. The third kappa shape index (κ3) is 5.28. The second kappa shape index (κ2) is 8.31. The molecule has 0 radical (unpaired) electrons. The summed E-state index contributed by atoms with van der Waals surface area (Å²) < 4.78 is 55.5. The number of ketones is 1. The average Bonchev–Trinajstić information content (AvgIpc) is 2.54. The lowest BCUT2D eigenvalue weighted by atomic mass is 10.0. The first-order chi connectivity index (χ1) is 11.7. The van der Waals surface area contributed by atoms with Crippen LogP contribution < -0.4 is 4.74 Å². The number of benzene rings is 2. The van der Waals surface area contributed by atoms with Crippen LogP contribution in [0.25, 0.3) is 0 Å². The third-order valence-corrected chi connectivity index (χ3v) is 4.83. The van der Waals surface area contributed by atoms with Crippen molar-refractivity contribution in [3.05, 3.63) is 62.5 Å². The molecular formula is C17H12Br2F4O2. The summed E-state index contributed by atoms with van der Waals surface area (Å²) in [6.07, 6.45) is -7.83. The Morgan fingerprint density at radius 2 is 1.60 bits per heavy atom. The molecule has 8 heteroatoms. The largest absolute Gasteiger partial charge is 0.461 e. The first-order valence-electron chi connectivity index (χ1n) is 7.12. The molecule has 0 saturated heterocycles. The maximum absolute atomic E-state index is 12.8. The van der Waals surface area contributed by atoms with E-state index in [-0.39, 0.29) is 17.8 Å². The number of halogens is 6. The van der Waals surface area contributed by atoms with Gasteiger partial charge in [0.1, 0.15) is 5.75 Å². The smallest absolute Gasteiger partial charge is 0.428 e. The van der Waals surface area contributed by atoms with Gasteiger partial charge in [-0.3, -0.25) is 4.79 Å². The van der Waals surface area contributed by atoms with E-state index in [2.05, 4.69) is 36.6 Å². The molecule has 0 fully saturated rings. The lowest BCUT2D eigenvalue weighted by Crippen LogP contribution is -2.33. The molecule has 0 spiro atoms. The Labute approximate surface area is 158 Å². The number of Topliss-reactive ketones (excluding diaryl/α,β-unsaturated/α-hetero) is 1. The molecule has 0 bridgehead atoms. The van der Waals surface area contributed by atoms with Crippen LogP contribution in [0.2, 0.25) is 0 Å². The molecule has 2 nitrogen and oxygen atoms in total. The normalized spacial score (nSPS) is 11.6. The monoisotopic (exact) mass is 482 g/mol. The van der Waals surface area contributed by atoms with Crippen molar-refractivity contribution in [2.24, 2.45) is 0 Å². The van der Waals surface area contributed by atoms with E-state index in [1.165, 1.54) is 12.1 Å². The van der Waals surface area contributed by atoms with E-state index in [4.69, 9.17) is 0 Å². The maximum atomic E-state index is 12.8. The predicted octanol–water partition coefficient (Wildman–Crippen LogP) is 6.26. The molecular weight excluding hydrogens is 472 g/mol. The van der Waals surface area contributed by atoms with Crippen molar-refractivity contribution in [3.8, 4) is 5.75 Å². The summed E-state index contributed by atoms with van der Waals surface area (Å²) in [5, 5.41) is 0. The quantitative estimate of drug-likeness (QED) is 0.343. The van der Waals surface area contributed by atoms with E-state index in [1.54, 1.807) is 0 Å².